The van der Waals surface area contributed by atoms with Crippen molar-refractivity contribution in [1.82, 2.24) is 14.9 Å². The van der Waals surface area contributed by atoms with Crippen molar-refractivity contribution in [2.24, 2.45) is 0 Å². The molecule has 0 radical (unpaired) electrons. The fourth-order valence-corrected chi connectivity index (χ4v) is 5.33. The summed E-state index contributed by atoms with van der Waals surface area (Å²) in [6, 6.07) is 19.9. The fraction of sp³-hybridized carbons (Fsp3) is 0.333. The molecule has 9 nitrogen and oxygen atoms in total. The first-order valence-electron chi connectivity index (χ1n) is 13.1. The third kappa shape index (κ3) is 5.12. The minimum absolute atomic E-state index is 0.198. The zero-order valence-corrected chi connectivity index (χ0v) is 22.9. The first-order chi connectivity index (χ1) is 19.4. The van der Waals surface area contributed by atoms with Crippen LogP contribution in [0.25, 0.3) is 33.4 Å². The van der Waals surface area contributed by atoms with Crippen molar-refractivity contribution in [3.05, 3.63) is 65.2 Å². The second-order valence-corrected chi connectivity index (χ2v) is 10.6. The topological polar surface area (TPSA) is 113 Å². The summed E-state index contributed by atoms with van der Waals surface area (Å²) in [6.07, 6.45) is -1.96. The normalized spacial score (nSPS) is 22.0. The van der Waals surface area contributed by atoms with Gasteiger partial charge in [0.15, 0.2) is 6.10 Å². The first kappa shape index (κ1) is 26.6. The molecule has 10 heteroatoms. The monoisotopic (exact) mass is 560 g/mol. The SMILES string of the molecule is CN(C)CCOc1ccc(-c2ccc(-c3nc4c(C#N)c(O[C@@H]5CO[C@@H]6C(O)CO[C@@H]65)[nH]c4cc3Cl)cc2)cc1. The van der Waals surface area contributed by atoms with Gasteiger partial charge in [-0.1, -0.05) is 48.0 Å². The Morgan fingerprint density at radius 3 is 2.42 bits per heavy atom. The standard InChI is InChI=1S/C30H29ClN4O5/c1-35(2)11-12-37-20-9-7-18(8-10-20)17-3-5-19(6-4-17)26-22(31)13-23-27(34-26)21(14-32)30(33-23)40-25-16-39-28-24(36)15-38-29(25)28/h3-10,13,24-25,28-29,33,36H,11-12,15-16H2,1-2H3/t24?,25-,28-,29-/m1/s1. The number of aliphatic hydroxyl groups is 1. The summed E-state index contributed by atoms with van der Waals surface area (Å²) in [4.78, 5) is 9.96. The van der Waals surface area contributed by atoms with Crippen molar-refractivity contribution in [1.29, 1.82) is 5.26 Å². The van der Waals surface area contributed by atoms with E-state index in [2.05, 4.69) is 16.0 Å². The maximum absolute atomic E-state index is 10.0. The van der Waals surface area contributed by atoms with Crippen LogP contribution in [-0.2, 0) is 9.47 Å². The summed E-state index contributed by atoms with van der Waals surface area (Å²) in [7, 11) is 4.03. The van der Waals surface area contributed by atoms with Gasteiger partial charge in [0.05, 0.1) is 29.4 Å². The number of halogens is 1. The molecule has 1 unspecified atom stereocenters. The molecule has 6 rings (SSSR count). The van der Waals surface area contributed by atoms with Gasteiger partial charge in [0.2, 0.25) is 5.88 Å². The number of likely N-dealkylation sites (N-methyl/N-ethyl adjacent to an activating group) is 1. The highest BCUT2D eigenvalue weighted by Crippen LogP contribution is 2.36. The lowest BCUT2D eigenvalue weighted by molar-refractivity contribution is 0.00789. The Morgan fingerprint density at radius 2 is 1.73 bits per heavy atom. The van der Waals surface area contributed by atoms with Crippen molar-refractivity contribution < 1.29 is 24.1 Å². The Bertz CT molecular complexity index is 1550. The molecular formula is C30H29ClN4O5. The van der Waals surface area contributed by atoms with Gasteiger partial charge in [0.25, 0.3) is 0 Å². The van der Waals surface area contributed by atoms with Gasteiger partial charge in [-0.25, -0.2) is 4.98 Å². The van der Waals surface area contributed by atoms with Gasteiger partial charge >= 0.3 is 0 Å². The second kappa shape index (κ2) is 11.1. The summed E-state index contributed by atoms with van der Waals surface area (Å²) in [5.41, 5.74) is 4.84. The number of ether oxygens (including phenoxy) is 4. The smallest absolute Gasteiger partial charge is 0.212 e. The maximum atomic E-state index is 10.0. The summed E-state index contributed by atoms with van der Waals surface area (Å²) >= 11 is 6.65. The van der Waals surface area contributed by atoms with Crippen LogP contribution in [0.4, 0.5) is 0 Å². The number of aromatic amines is 1. The summed E-state index contributed by atoms with van der Waals surface area (Å²) in [6.45, 7) is 1.94. The molecule has 0 spiro atoms. The second-order valence-electron chi connectivity index (χ2n) is 10.2. The molecule has 4 heterocycles. The van der Waals surface area contributed by atoms with Crippen LogP contribution in [0.1, 0.15) is 5.56 Å². The Labute approximate surface area is 236 Å². The average molecular weight is 561 g/mol. The molecule has 40 heavy (non-hydrogen) atoms. The lowest BCUT2D eigenvalue weighted by Crippen LogP contribution is -2.34. The molecule has 4 atom stereocenters. The number of fused-ring (bicyclic) bond motifs is 2. The van der Waals surface area contributed by atoms with Gasteiger partial charge in [-0.3, -0.25) is 0 Å². The molecule has 2 aliphatic rings. The number of nitriles is 1. The number of hydrogen-bond acceptors (Lipinski definition) is 8. The van der Waals surface area contributed by atoms with E-state index in [1.807, 2.05) is 62.6 Å². The number of benzene rings is 2. The number of nitrogens with zero attached hydrogens (tertiary/aromatic N) is 3. The van der Waals surface area contributed by atoms with Gasteiger partial charge in [-0.05, 0) is 43.4 Å². The third-order valence-electron chi connectivity index (χ3n) is 7.20. The Kier molecular flexibility index (Phi) is 7.36. The van der Waals surface area contributed by atoms with Crippen LogP contribution in [-0.4, -0.2) is 84.9 Å². The Hall–Kier alpha value is -3.65. The van der Waals surface area contributed by atoms with Crippen molar-refractivity contribution in [2.45, 2.75) is 24.4 Å². The van der Waals surface area contributed by atoms with Crippen molar-refractivity contribution in [3.8, 4) is 40.1 Å². The number of aliphatic hydroxyl groups excluding tert-OH is 1. The zero-order valence-electron chi connectivity index (χ0n) is 22.1. The molecule has 0 saturated carbocycles. The quantitative estimate of drug-likeness (QED) is 0.328. The largest absolute Gasteiger partial charge is 0.492 e. The third-order valence-corrected chi connectivity index (χ3v) is 7.49. The molecule has 0 aliphatic carbocycles. The van der Waals surface area contributed by atoms with E-state index in [0.717, 1.165) is 29.0 Å². The molecule has 4 aromatic rings. The van der Waals surface area contributed by atoms with Crippen molar-refractivity contribution in [3.63, 3.8) is 0 Å². The van der Waals surface area contributed by atoms with E-state index < -0.39 is 24.4 Å². The lowest BCUT2D eigenvalue weighted by Gasteiger charge is -2.16. The minimum Gasteiger partial charge on any atom is -0.492 e. The average Bonchev–Trinajstić information content (AvgIpc) is 3.63. The Morgan fingerprint density at radius 1 is 1.05 bits per heavy atom. The molecule has 2 aromatic carbocycles. The van der Waals surface area contributed by atoms with Crippen LogP contribution in [0.15, 0.2) is 54.6 Å². The maximum Gasteiger partial charge on any atom is 0.212 e. The summed E-state index contributed by atoms with van der Waals surface area (Å²) in [5, 5.41) is 20.4. The summed E-state index contributed by atoms with van der Waals surface area (Å²) in [5.74, 6) is 1.12. The first-order valence-corrected chi connectivity index (χ1v) is 13.5. The van der Waals surface area contributed by atoms with Gasteiger partial charge < -0.3 is 33.9 Å². The molecule has 0 amide bonds. The van der Waals surface area contributed by atoms with Gasteiger partial charge in [-0.2, -0.15) is 5.26 Å². The van der Waals surface area contributed by atoms with Crippen LogP contribution in [0.3, 0.4) is 0 Å². The van der Waals surface area contributed by atoms with Gasteiger partial charge in [-0.15, -0.1) is 0 Å². The van der Waals surface area contributed by atoms with Crippen molar-refractivity contribution in [2.75, 3.05) is 40.5 Å². The van der Waals surface area contributed by atoms with Crippen LogP contribution in [0, 0.1) is 11.3 Å². The predicted molar refractivity (Wildman–Crippen MR) is 151 cm³/mol. The van der Waals surface area contributed by atoms with E-state index in [4.69, 9.17) is 35.5 Å². The van der Waals surface area contributed by atoms with Crippen molar-refractivity contribution >= 4 is 22.6 Å². The minimum atomic E-state index is -0.683. The van der Waals surface area contributed by atoms with Gasteiger partial charge in [0.1, 0.15) is 47.8 Å². The lowest BCUT2D eigenvalue weighted by atomic mass is 10.0. The number of aromatic nitrogens is 2. The number of hydrogen-bond donors (Lipinski definition) is 2. The number of rotatable bonds is 8. The van der Waals surface area contributed by atoms with E-state index in [9.17, 15) is 10.4 Å². The highest BCUT2D eigenvalue weighted by atomic mass is 35.5. The predicted octanol–water partition coefficient (Wildman–Crippen LogP) is 4.27. The van der Waals surface area contributed by atoms with E-state index in [1.165, 1.54) is 0 Å². The molecule has 2 aromatic heterocycles. The van der Waals surface area contributed by atoms with E-state index in [-0.39, 0.29) is 24.7 Å². The molecular weight excluding hydrogens is 532 g/mol. The van der Waals surface area contributed by atoms with E-state index in [1.54, 1.807) is 6.07 Å². The van der Waals surface area contributed by atoms with Crippen LogP contribution < -0.4 is 9.47 Å². The molecule has 2 N–H and O–H groups in total. The molecule has 206 valence electrons. The van der Waals surface area contributed by atoms with Crippen LogP contribution >= 0.6 is 11.6 Å². The molecule has 2 fully saturated rings. The summed E-state index contributed by atoms with van der Waals surface area (Å²) < 4.78 is 23.2. The molecule has 2 saturated heterocycles. The number of pyridine rings is 1. The van der Waals surface area contributed by atoms with Gasteiger partial charge in [0, 0.05) is 12.1 Å². The fourth-order valence-electron chi connectivity index (χ4n) is 5.07. The van der Waals surface area contributed by atoms with Crippen LogP contribution in [0.2, 0.25) is 5.02 Å². The highest BCUT2D eigenvalue weighted by molar-refractivity contribution is 6.33. The number of nitrogens with one attached hydrogen (secondary N) is 1. The zero-order chi connectivity index (χ0) is 27.8. The van der Waals surface area contributed by atoms with E-state index >= 15 is 0 Å². The van der Waals surface area contributed by atoms with E-state index in [0.29, 0.717) is 28.4 Å². The highest BCUT2D eigenvalue weighted by Gasteiger charge is 2.48. The molecule has 2 aliphatic heterocycles. The van der Waals surface area contributed by atoms with Crippen LogP contribution in [0.5, 0.6) is 11.6 Å². The number of H-pyrrole nitrogens is 1. The Balaban J connectivity index is 1.22. The molecule has 0 bridgehead atoms.